The average Bonchev–Trinajstić information content (AvgIpc) is 2.44. The Morgan fingerprint density at radius 2 is 2.16 bits per heavy atom. The molecular weight excluding hydrogens is 246 g/mol. The molecule has 0 spiro atoms. The number of benzene rings is 1. The highest BCUT2D eigenvalue weighted by atomic mass is 16.7. The van der Waals surface area contributed by atoms with Crippen molar-refractivity contribution in [1.29, 1.82) is 0 Å². The van der Waals surface area contributed by atoms with E-state index >= 15 is 0 Å². The van der Waals surface area contributed by atoms with Crippen LogP contribution < -0.4 is 10.1 Å². The molecule has 0 radical (unpaired) electrons. The third-order valence-corrected chi connectivity index (χ3v) is 2.38. The number of rotatable bonds is 7. The average molecular weight is 265 g/mol. The molecule has 0 atom stereocenters. The summed E-state index contributed by atoms with van der Waals surface area (Å²) >= 11 is 0. The van der Waals surface area contributed by atoms with Crippen LogP contribution >= 0.6 is 0 Å². The number of esters is 1. The van der Waals surface area contributed by atoms with Gasteiger partial charge in [0.05, 0.1) is 7.11 Å². The lowest BCUT2D eigenvalue weighted by atomic mass is 10.2. The van der Waals surface area contributed by atoms with Crippen LogP contribution in [0.15, 0.2) is 30.4 Å². The fraction of sp³-hybridized carbons (Fsp3) is 0.357. The van der Waals surface area contributed by atoms with Gasteiger partial charge in [-0.1, -0.05) is 12.2 Å². The van der Waals surface area contributed by atoms with Gasteiger partial charge in [-0.2, -0.15) is 0 Å². The monoisotopic (exact) mass is 265 g/mol. The molecule has 104 valence electrons. The van der Waals surface area contributed by atoms with E-state index < -0.39 is 5.97 Å². The summed E-state index contributed by atoms with van der Waals surface area (Å²) in [6, 6.07) is 5.21. The Labute approximate surface area is 113 Å². The van der Waals surface area contributed by atoms with Crippen LogP contribution in [0, 0.1) is 0 Å². The standard InChI is InChI=1S/C14H19NO4/c1-4-5-8-15-11-6-7-12(14(16)18-3)13(9-11)19-10-17-2/h4-7,9,15H,8,10H2,1-3H3. The summed E-state index contributed by atoms with van der Waals surface area (Å²) < 4.78 is 14.9. The van der Waals surface area contributed by atoms with E-state index in [1.807, 2.05) is 19.1 Å². The van der Waals surface area contributed by atoms with Crippen LogP contribution in [0.2, 0.25) is 0 Å². The molecule has 1 N–H and O–H groups in total. The maximum atomic E-state index is 11.6. The molecule has 19 heavy (non-hydrogen) atoms. The van der Waals surface area contributed by atoms with Gasteiger partial charge in [0.25, 0.3) is 0 Å². The summed E-state index contributed by atoms with van der Waals surface area (Å²) in [6.07, 6.45) is 3.95. The van der Waals surface area contributed by atoms with E-state index in [2.05, 4.69) is 5.32 Å². The van der Waals surface area contributed by atoms with E-state index in [4.69, 9.17) is 14.2 Å². The minimum Gasteiger partial charge on any atom is -0.467 e. The molecule has 1 rings (SSSR count). The predicted molar refractivity (Wildman–Crippen MR) is 73.6 cm³/mol. The Morgan fingerprint density at radius 3 is 2.79 bits per heavy atom. The number of ether oxygens (including phenoxy) is 3. The highest BCUT2D eigenvalue weighted by Crippen LogP contribution is 2.24. The molecule has 0 aromatic heterocycles. The molecule has 0 saturated heterocycles. The van der Waals surface area contributed by atoms with Crippen molar-refractivity contribution in [3.05, 3.63) is 35.9 Å². The summed E-state index contributed by atoms with van der Waals surface area (Å²) in [4.78, 5) is 11.6. The first-order valence-corrected chi connectivity index (χ1v) is 5.92. The van der Waals surface area contributed by atoms with Crippen LogP contribution in [0.3, 0.4) is 0 Å². The zero-order chi connectivity index (χ0) is 14.1. The zero-order valence-electron chi connectivity index (χ0n) is 11.4. The van der Waals surface area contributed by atoms with Crippen LogP contribution in [0.25, 0.3) is 0 Å². The van der Waals surface area contributed by atoms with Gasteiger partial charge >= 0.3 is 5.97 Å². The van der Waals surface area contributed by atoms with Crippen molar-refractivity contribution in [2.24, 2.45) is 0 Å². The van der Waals surface area contributed by atoms with Gasteiger partial charge in [0.15, 0.2) is 6.79 Å². The SMILES string of the molecule is CC=CCNc1ccc(C(=O)OC)c(OCOC)c1. The second-order valence-electron chi connectivity index (χ2n) is 3.70. The number of anilines is 1. The topological polar surface area (TPSA) is 56.8 Å². The van der Waals surface area contributed by atoms with Gasteiger partial charge in [-0.25, -0.2) is 4.79 Å². The van der Waals surface area contributed by atoms with Crippen LogP contribution in [-0.2, 0) is 9.47 Å². The van der Waals surface area contributed by atoms with Crippen molar-refractivity contribution < 1.29 is 19.0 Å². The van der Waals surface area contributed by atoms with E-state index in [0.717, 1.165) is 5.69 Å². The molecule has 1 aromatic carbocycles. The van der Waals surface area contributed by atoms with Gasteiger partial charge in [0.2, 0.25) is 0 Å². The van der Waals surface area contributed by atoms with Gasteiger partial charge in [0.1, 0.15) is 11.3 Å². The molecule has 0 aliphatic rings. The van der Waals surface area contributed by atoms with Gasteiger partial charge in [-0.3, -0.25) is 0 Å². The summed E-state index contributed by atoms with van der Waals surface area (Å²) in [6.45, 7) is 2.73. The number of methoxy groups -OCH3 is 2. The van der Waals surface area contributed by atoms with Gasteiger partial charge in [-0.05, 0) is 19.1 Å². The van der Waals surface area contributed by atoms with Gasteiger partial charge in [0, 0.05) is 25.4 Å². The van der Waals surface area contributed by atoms with E-state index in [1.165, 1.54) is 14.2 Å². The molecule has 5 nitrogen and oxygen atoms in total. The second-order valence-corrected chi connectivity index (χ2v) is 3.70. The van der Waals surface area contributed by atoms with Gasteiger partial charge < -0.3 is 19.5 Å². The van der Waals surface area contributed by atoms with Crippen molar-refractivity contribution in [3.8, 4) is 5.75 Å². The van der Waals surface area contributed by atoms with Crippen LogP contribution in [0.5, 0.6) is 5.75 Å². The number of nitrogens with one attached hydrogen (secondary N) is 1. The Balaban J connectivity index is 2.90. The molecule has 0 aliphatic carbocycles. The van der Waals surface area contributed by atoms with E-state index in [-0.39, 0.29) is 6.79 Å². The fourth-order valence-electron chi connectivity index (χ4n) is 1.45. The number of hydrogen-bond acceptors (Lipinski definition) is 5. The normalized spacial score (nSPS) is 10.5. The number of allylic oxidation sites excluding steroid dienone is 1. The molecule has 0 saturated carbocycles. The Morgan fingerprint density at radius 1 is 1.37 bits per heavy atom. The fourth-order valence-corrected chi connectivity index (χ4v) is 1.45. The van der Waals surface area contributed by atoms with Crippen LogP contribution in [0.4, 0.5) is 5.69 Å². The largest absolute Gasteiger partial charge is 0.467 e. The quantitative estimate of drug-likeness (QED) is 0.466. The maximum Gasteiger partial charge on any atom is 0.341 e. The summed E-state index contributed by atoms with van der Waals surface area (Å²) in [5, 5.41) is 3.19. The van der Waals surface area contributed by atoms with Crippen LogP contribution in [-0.4, -0.2) is 33.5 Å². The summed E-state index contributed by atoms with van der Waals surface area (Å²) in [5.74, 6) is -0.00900. The molecule has 0 fully saturated rings. The lowest BCUT2D eigenvalue weighted by molar-refractivity contribution is 0.0465. The molecule has 0 heterocycles. The Kier molecular flexibility index (Phi) is 6.46. The van der Waals surface area contributed by atoms with E-state index in [1.54, 1.807) is 18.2 Å². The van der Waals surface area contributed by atoms with Crippen molar-refractivity contribution in [1.82, 2.24) is 0 Å². The first-order valence-electron chi connectivity index (χ1n) is 5.92. The van der Waals surface area contributed by atoms with E-state index in [0.29, 0.717) is 17.9 Å². The molecule has 0 bridgehead atoms. The third-order valence-electron chi connectivity index (χ3n) is 2.38. The minimum atomic E-state index is -0.439. The second kappa shape index (κ2) is 8.16. The molecule has 0 unspecified atom stereocenters. The minimum absolute atomic E-state index is 0.0717. The summed E-state index contributed by atoms with van der Waals surface area (Å²) in [7, 11) is 2.85. The molecular formula is C14H19NO4. The van der Waals surface area contributed by atoms with Crippen molar-refractivity contribution >= 4 is 11.7 Å². The Hall–Kier alpha value is -2.01. The van der Waals surface area contributed by atoms with Crippen molar-refractivity contribution in [3.63, 3.8) is 0 Å². The molecule has 1 aromatic rings. The third kappa shape index (κ3) is 4.63. The van der Waals surface area contributed by atoms with Crippen molar-refractivity contribution in [2.75, 3.05) is 32.9 Å². The van der Waals surface area contributed by atoms with E-state index in [9.17, 15) is 4.79 Å². The van der Waals surface area contributed by atoms with Crippen molar-refractivity contribution in [2.45, 2.75) is 6.92 Å². The predicted octanol–water partition coefficient (Wildman–Crippen LogP) is 2.44. The lowest BCUT2D eigenvalue weighted by Gasteiger charge is -2.12. The summed E-state index contributed by atoms with van der Waals surface area (Å²) in [5.41, 5.74) is 1.23. The Bertz CT molecular complexity index is 443. The maximum absolute atomic E-state index is 11.6. The lowest BCUT2D eigenvalue weighted by Crippen LogP contribution is -2.08. The zero-order valence-corrected chi connectivity index (χ0v) is 11.4. The number of carbonyl (C=O) groups excluding carboxylic acids is 1. The molecule has 0 aliphatic heterocycles. The number of carbonyl (C=O) groups is 1. The first kappa shape index (κ1) is 15.0. The number of hydrogen-bond donors (Lipinski definition) is 1. The molecule has 5 heteroatoms. The first-order chi connectivity index (χ1) is 9.22. The smallest absolute Gasteiger partial charge is 0.341 e. The van der Waals surface area contributed by atoms with Crippen LogP contribution in [0.1, 0.15) is 17.3 Å². The van der Waals surface area contributed by atoms with Gasteiger partial charge in [-0.15, -0.1) is 0 Å². The highest BCUT2D eigenvalue weighted by Gasteiger charge is 2.13. The molecule has 0 amide bonds. The highest BCUT2D eigenvalue weighted by molar-refractivity contribution is 5.93.